The lowest BCUT2D eigenvalue weighted by Crippen LogP contribution is -2.36. The van der Waals surface area contributed by atoms with Crippen LogP contribution < -0.4 is 10.6 Å². The highest BCUT2D eigenvalue weighted by molar-refractivity contribution is 6.06. The Morgan fingerprint density at radius 3 is 2.85 bits per heavy atom. The van der Waals surface area contributed by atoms with Crippen molar-refractivity contribution in [2.24, 2.45) is 0 Å². The molecule has 2 N–H and O–H groups in total. The fraction of sp³-hybridized carbons (Fsp3) is 0.345. The number of hydrogen-bond donors (Lipinski definition) is 2. The molecule has 3 aromatic heterocycles. The molecule has 1 aromatic carbocycles. The Kier molecular flexibility index (Phi) is 6.22. The van der Waals surface area contributed by atoms with Gasteiger partial charge in [0.15, 0.2) is 0 Å². The van der Waals surface area contributed by atoms with Gasteiger partial charge in [-0.3, -0.25) is 14.1 Å². The van der Waals surface area contributed by atoms with E-state index in [0.717, 1.165) is 75.0 Å². The first-order valence-electron chi connectivity index (χ1n) is 13.4. The summed E-state index contributed by atoms with van der Waals surface area (Å²) in [6, 6.07) is 10.8. The van der Waals surface area contributed by atoms with Crippen LogP contribution in [0.25, 0.3) is 16.9 Å². The van der Waals surface area contributed by atoms with Crippen LogP contribution in [0.2, 0.25) is 0 Å². The molecule has 4 aromatic rings. The number of nitrogens with zero attached hydrogens (tertiary/aromatic N) is 4. The highest BCUT2D eigenvalue weighted by Gasteiger charge is 2.28. The lowest BCUT2D eigenvalue weighted by molar-refractivity contribution is 0.0335. The van der Waals surface area contributed by atoms with Crippen LogP contribution in [0.5, 0.6) is 0 Å². The molecule has 9 nitrogen and oxygen atoms in total. The van der Waals surface area contributed by atoms with Crippen molar-refractivity contribution < 1.29 is 18.7 Å². The smallest absolute Gasteiger partial charge is 0.254 e. The first kappa shape index (κ1) is 24.2. The Balaban J connectivity index is 1.23. The third kappa shape index (κ3) is 4.54. The van der Waals surface area contributed by atoms with E-state index in [0.29, 0.717) is 35.2 Å². The molecule has 0 saturated carbocycles. The van der Waals surface area contributed by atoms with E-state index in [2.05, 4.69) is 26.6 Å². The summed E-state index contributed by atoms with van der Waals surface area (Å²) in [5.74, 6) is 0.562. The normalized spacial score (nSPS) is 19.4. The molecular formula is C29H29FN6O3. The predicted molar refractivity (Wildman–Crippen MR) is 144 cm³/mol. The van der Waals surface area contributed by atoms with Crippen molar-refractivity contribution in [3.05, 3.63) is 77.0 Å². The molecule has 3 aliphatic heterocycles. The van der Waals surface area contributed by atoms with E-state index in [1.165, 1.54) is 17.7 Å². The van der Waals surface area contributed by atoms with Crippen molar-refractivity contribution in [2.45, 2.75) is 25.4 Å². The van der Waals surface area contributed by atoms with E-state index in [-0.39, 0.29) is 11.7 Å². The summed E-state index contributed by atoms with van der Waals surface area (Å²) in [6.07, 6.45) is 4.37. The Bertz CT molecular complexity index is 1560. The van der Waals surface area contributed by atoms with Gasteiger partial charge in [0.25, 0.3) is 5.91 Å². The summed E-state index contributed by atoms with van der Waals surface area (Å²) >= 11 is 0. The molecule has 0 unspecified atom stereocenters. The number of hydrogen-bond acceptors (Lipinski definition) is 7. The Morgan fingerprint density at radius 2 is 2.00 bits per heavy atom. The van der Waals surface area contributed by atoms with E-state index < -0.39 is 0 Å². The average molecular weight is 529 g/mol. The van der Waals surface area contributed by atoms with Crippen LogP contribution in [0.15, 0.2) is 48.8 Å². The van der Waals surface area contributed by atoms with Gasteiger partial charge in [0, 0.05) is 56.5 Å². The average Bonchev–Trinajstić information content (AvgIpc) is 3.71. The molecule has 3 aliphatic rings. The van der Waals surface area contributed by atoms with E-state index in [9.17, 15) is 9.18 Å². The largest absolute Gasteiger partial charge is 0.381 e. The number of carbonyl (C=O) groups excluding carboxylic acids is 1. The second kappa shape index (κ2) is 10.0. The van der Waals surface area contributed by atoms with Gasteiger partial charge in [0.05, 0.1) is 48.7 Å². The topological polar surface area (TPSA) is 93.0 Å². The maximum Gasteiger partial charge on any atom is 0.254 e. The van der Waals surface area contributed by atoms with Crippen molar-refractivity contribution in [1.82, 2.24) is 24.6 Å². The Morgan fingerprint density at radius 1 is 1.10 bits per heavy atom. The molecule has 39 heavy (non-hydrogen) atoms. The number of aromatic nitrogens is 3. The highest BCUT2D eigenvalue weighted by Crippen LogP contribution is 2.36. The van der Waals surface area contributed by atoms with Crippen LogP contribution in [0.3, 0.4) is 0 Å². The molecule has 1 amide bonds. The molecule has 10 heteroatoms. The van der Waals surface area contributed by atoms with Crippen molar-refractivity contribution in [2.75, 3.05) is 44.8 Å². The van der Waals surface area contributed by atoms with Crippen LogP contribution in [0.1, 0.15) is 39.5 Å². The first-order chi connectivity index (χ1) is 19.1. The monoisotopic (exact) mass is 528 g/mol. The van der Waals surface area contributed by atoms with Crippen molar-refractivity contribution in [3.63, 3.8) is 0 Å². The molecule has 200 valence electrons. The fourth-order valence-corrected chi connectivity index (χ4v) is 5.82. The number of halogens is 1. The zero-order valence-corrected chi connectivity index (χ0v) is 21.5. The minimum atomic E-state index is -0.340. The maximum atomic E-state index is 13.7. The third-order valence-electron chi connectivity index (χ3n) is 7.84. The summed E-state index contributed by atoms with van der Waals surface area (Å²) in [6.45, 7) is 5.87. The van der Waals surface area contributed by atoms with Gasteiger partial charge in [-0.2, -0.15) is 0 Å². The molecule has 1 atom stereocenters. The molecular weight excluding hydrogens is 499 g/mol. The van der Waals surface area contributed by atoms with Crippen molar-refractivity contribution in [3.8, 4) is 11.3 Å². The van der Waals surface area contributed by atoms with E-state index >= 15 is 0 Å². The summed E-state index contributed by atoms with van der Waals surface area (Å²) in [7, 11) is 0. The summed E-state index contributed by atoms with van der Waals surface area (Å²) < 4.78 is 26.8. The zero-order valence-electron chi connectivity index (χ0n) is 21.5. The minimum absolute atomic E-state index is 0.137. The minimum Gasteiger partial charge on any atom is -0.381 e. The number of anilines is 2. The number of fused-ring (bicyclic) bond motifs is 2. The van der Waals surface area contributed by atoms with Gasteiger partial charge in [0.2, 0.25) is 0 Å². The maximum absolute atomic E-state index is 13.7. The Hall–Kier alpha value is -3.86. The third-order valence-corrected chi connectivity index (χ3v) is 7.84. The number of benzene rings is 1. The second-order valence-electron chi connectivity index (χ2n) is 10.2. The molecule has 7 rings (SSSR count). The van der Waals surface area contributed by atoms with Crippen molar-refractivity contribution >= 4 is 23.1 Å². The summed E-state index contributed by atoms with van der Waals surface area (Å²) in [4.78, 5) is 24.8. The molecule has 0 spiro atoms. The van der Waals surface area contributed by atoms with Gasteiger partial charge < -0.3 is 20.1 Å². The van der Waals surface area contributed by atoms with E-state index in [1.807, 2.05) is 22.6 Å². The number of carbonyl (C=O) groups is 1. The number of ether oxygens (including phenoxy) is 2. The van der Waals surface area contributed by atoms with Crippen LogP contribution in [0.4, 0.5) is 15.9 Å². The Labute approximate surface area is 225 Å². The van der Waals surface area contributed by atoms with E-state index in [1.54, 1.807) is 12.4 Å². The molecule has 0 bridgehead atoms. The fourth-order valence-electron chi connectivity index (χ4n) is 5.82. The molecule has 2 saturated heterocycles. The SMILES string of the molecule is O=C1NCc2c(-c3cnc4cc(F)ccn34)ccc(Nc3ccc([C@H]4CCOC4)c(CN4CCOCC4)n3)c21. The van der Waals surface area contributed by atoms with Gasteiger partial charge in [0.1, 0.15) is 17.3 Å². The van der Waals surface area contributed by atoms with Gasteiger partial charge in [-0.25, -0.2) is 14.4 Å². The zero-order chi connectivity index (χ0) is 26.3. The number of morpholine rings is 1. The number of amides is 1. The number of pyridine rings is 2. The first-order valence-corrected chi connectivity index (χ1v) is 13.4. The lowest BCUT2D eigenvalue weighted by atomic mass is 9.96. The standard InChI is InChI=1S/C29H29FN6O3/c30-19-5-7-36-25(15-31-27(36)13-19)21-1-3-23(28-22(21)14-32-29(28)37)33-26-4-2-20(18-6-10-39-17-18)24(34-26)16-35-8-11-38-12-9-35/h1-5,7,13,15,18H,6,8-12,14,16-17H2,(H,32,37)(H,33,34)/t18-/m0/s1. The van der Waals surface area contributed by atoms with E-state index in [4.69, 9.17) is 14.5 Å². The summed E-state index contributed by atoms with van der Waals surface area (Å²) in [5, 5.41) is 6.39. The van der Waals surface area contributed by atoms with Crippen LogP contribution in [-0.4, -0.2) is 64.7 Å². The number of nitrogens with one attached hydrogen (secondary N) is 2. The van der Waals surface area contributed by atoms with Crippen LogP contribution in [-0.2, 0) is 22.6 Å². The molecule has 6 heterocycles. The predicted octanol–water partition coefficient (Wildman–Crippen LogP) is 3.86. The highest BCUT2D eigenvalue weighted by atomic mass is 19.1. The lowest BCUT2D eigenvalue weighted by Gasteiger charge is -2.27. The number of rotatable bonds is 6. The molecule has 2 fully saturated rings. The van der Waals surface area contributed by atoms with Crippen LogP contribution in [0, 0.1) is 5.82 Å². The van der Waals surface area contributed by atoms with Crippen LogP contribution >= 0.6 is 0 Å². The van der Waals surface area contributed by atoms with Gasteiger partial charge in [-0.15, -0.1) is 0 Å². The second-order valence-corrected chi connectivity index (χ2v) is 10.2. The number of imidazole rings is 1. The molecule has 0 aliphatic carbocycles. The molecule has 0 radical (unpaired) electrons. The van der Waals surface area contributed by atoms with Gasteiger partial charge >= 0.3 is 0 Å². The quantitative estimate of drug-likeness (QED) is 0.393. The van der Waals surface area contributed by atoms with Gasteiger partial charge in [-0.1, -0.05) is 12.1 Å². The van der Waals surface area contributed by atoms with Crippen molar-refractivity contribution in [1.29, 1.82) is 0 Å². The summed E-state index contributed by atoms with van der Waals surface area (Å²) in [5.41, 5.74) is 6.64. The van der Waals surface area contributed by atoms with Gasteiger partial charge in [-0.05, 0) is 35.7 Å².